The van der Waals surface area contributed by atoms with Gasteiger partial charge < -0.3 is 19.2 Å². The van der Waals surface area contributed by atoms with Crippen LogP contribution in [0.5, 0.6) is 5.75 Å². The Bertz CT molecular complexity index is 1030. The van der Waals surface area contributed by atoms with Gasteiger partial charge >= 0.3 is 6.09 Å². The summed E-state index contributed by atoms with van der Waals surface area (Å²) < 4.78 is 10.5. The minimum absolute atomic E-state index is 0.0164. The highest BCUT2D eigenvalue weighted by Gasteiger charge is 2.16. The third kappa shape index (κ3) is 2.87. The maximum absolute atomic E-state index is 12.1. The predicted molar refractivity (Wildman–Crippen MR) is 92.5 cm³/mol. The van der Waals surface area contributed by atoms with Gasteiger partial charge in [-0.15, -0.1) is 0 Å². The molecule has 25 heavy (non-hydrogen) atoms. The van der Waals surface area contributed by atoms with Crippen molar-refractivity contribution in [3.05, 3.63) is 54.6 Å². The van der Waals surface area contributed by atoms with E-state index in [4.69, 9.17) is 9.15 Å². The predicted octanol–water partition coefficient (Wildman–Crippen LogP) is 4.32. The SMILES string of the molecule is CC(OC(=O)Nc1ccc2occ(O)c2c1)c1nc2ccccc2[nH]1. The molecule has 2 aromatic heterocycles. The van der Waals surface area contributed by atoms with E-state index in [2.05, 4.69) is 15.3 Å². The number of hydrogen-bond acceptors (Lipinski definition) is 5. The molecular weight excluding hydrogens is 322 g/mol. The zero-order valence-electron chi connectivity index (χ0n) is 13.3. The lowest BCUT2D eigenvalue weighted by atomic mass is 10.2. The number of hydrogen-bond donors (Lipinski definition) is 3. The Morgan fingerprint density at radius 1 is 1.32 bits per heavy atom. The molecule has 4 aromatic rings. The Kier molecular flexibility index (Phi) is 3.53. The van der Waals surface area contributed by atoms with E-state index in [-0.39, 0.29) is 5.75 Å². The fourth-order valence-corrected chi connectivity index (χ4v) is 2.62. The van der Waals surface area contributed by atoms with Crippen LogP contribution in [0.2, 0.25) is 0 Å². The van der Waals surface area contributed by atoms with Crippen LogP contribution in [0.25, 0.3) is 22.0 Å². The van der Waals surface area contributed by atoms with Crippen LogP contribution in [0.3, 0.4) is 0 Å². The number of rotatable bonds is 3. The number of imidazole rings is 1. The first kappa shape index (κ1) is 15.1. The molecule has 0 bridgehead atoms. The summed E-state index contributed by atoms with van der Waals surface area (Å²) in [6, 6.07) is 12.5. The van der Waals surface area contributed by atoms with Crippen molar-refractivity contribution in [1.82, 2.24) is 9.97 Å². The smallest absolute Gasteiger partial charge is 0.412 e. The fraction of sp³-hybridized carbons (Fsp3) is 0.111. The number of aromatic amines is 1. The molecule has 1 atom stereocenters. The highest BCUT2D eigenvalue weighted by atomic mass is 16.6. The van der Waals surface area contributed by atoms with Gasteiger partial charge in [0, 0.05) is 5.69 Å². The maximum Gasteiger partial charge on any atom is 0.412 e. The normalized spacial score (nSPS) is 12.4. The molecule has 0 spiro atoms. The molecule has 1 unspecified atom stereocenters. The summed E-state index contributed by atoms with van der Waals surface area (Å²) in [6.45, 7) is 1.74. The summed E-state index contributed by atoms with van der Waals surface area (Å²) in [6.07, 6.45) is 0.0879. The molecule has 0 aliphatic rings. The van der Waals surface area contributed by atoms with E-state index >= 15 is 0 Å². The van der Waals surface area contributed by atoms with Gasteiger partial charge in [-0.1, -0.05) is 12.1 Å². The number of benzene rings is 2. The summed E-state index contributed by atoms with van der Waals surface area (Å²) in [5.41, 5.74) is 2.72. The first-order valence-electron chi connectivity index (χ1n) is 7.72. The van der Waals surface area contributed by atoms with Gasteiger partial charge in [0.05, 0.1) is 16.4 Å². The van der Waals surface area contributed by atoms with Crippen molar-refractivity contribution in [2.45, 2.75) is 13.0 Å². The molecule has 1 amide bonds. The van der Waals surface area contributed by atoms with E-state index in [1.54, 1.807) is 25.1 Å². The molecular formula is C18H15N3O4. The van der Waals surface area contributed by atoms with Crippen molar-refractivity contribution >= 4 is 33.8 Å². The van der Waals surface area contributed by atoms with Gasteiger partial charge in [-0.25, -0.2) is 9.78 Å². The summed E-state index contributed by atoms with van der Waals surface area (Å²) in [5, 5.41) is 12.8. The number of nitrogens with one attached hydrogen (secondary N) is 2. The third-order valence-corrected chi connectivity index (χ3v) is 3.88. The van der Waals surface area contributed by atoms with Gasteiger partial charge in [0.1, 0.15) is 17.7 Å². The van der Waals surface area contributed by atoms with Crippen LogP contribution in [-0.2, 0) is 4.74 Å². The Balaban J connectivity index is 1.47. The number of aromatic hydroxyl groups is 1. The third-order valence-electron chi connectivity index (χ3n) is 3.88. The number of fused-ring (bicyclic) bond motifs is 2. The van der Waals surface area contributed by atoms with Crippen LogP contribution >= 0.6 is 0 Å². The highest BCUT2D eigenvalue weighted by Crippen LogP contribution is 2.29. The molecule has 2 aromatic carbocycles. The zero-order chi connectivity index (χ0) is 17.4. The van der Waals surface area contributed by atoms with Crippen LogP contribution in [-0.4, -0.2) is 21.2 Å². The van der Waals surface area contributed by atoms with Gasteiger partial charge in [-0.05, 0) is 37.3 Å². The van der Waals surface area contributed by atoms with Gasteiger partial charge in [-0.3, -0.25) is 5.32 Å². The topological polar surface area (TPSA) is 100 Å². The first-order valence-corrected chi connectivity index (χ1v) is 7.72. The zero-order valence-corrected chi connectivity index (χ0v) is 13.3. The molecule has 126 valence electrons. The number of carbonyl (C=O) groups excluding carboxylic acids is 1. The Morgan fingerprint density at radius 2 is 2.16 bits per heavy atom. The monoisotopic (exact) mass is 337 g/mol. The second-order valence-electron chi connectivity index (χ2n) is 5.64. The van der Waals surface area contributed by atoms with E-state index in [1.165, 1.54) is 6.26 Å². The van der Waals surface area contributed by atoms with Crippen LogP contribution in [0.1, 0.15) is 18.9 Å². The standard InChI is InChI=1S/C18H15N3O4/c1-10(17-20-13-4-2-3-5-14(13)21-17)25-18(23)19-11-6-7-16-12(8-11)15(22)9-24-16/h2-10,22H,1H3,(H,19,23)(H,20,21). The Hall–Kier alpha value is -3.48. The molecule has 0 aliphatic heterocycles. The molecule has 3 N–H and O–H groups in total. The van der Waals surface area contributed by atoms with Gasteiger partial charge in [0.25, 0.3) is 0 Å². The Labute approximate surface area is 142 Å². The lowest BCUT2D eigenvalue weighted by Gasteiger charge is -2.11. The number of aromatic nitrogens is 2. The number of ether oxygens (including phenoxy) is 1. The molecule has 7 heteroatoms. The molecule has 7 nitrogen and oxygen atoms in total. The largest absolute Gasteiger partial charge is 0.504 e. The minimum Gasteiger partial charge on any atom is -0.504 e. The summed E-state index contributed by atoms with van der Waals surface area (Å²) in [5.74, 6) is 0.585. The first-order chi connectivity index (χ1) is 12.1. The van der Waals surface area contributed by atoms with Gasteiger partial charge in [0.15, 0.2) is 11.9 Å². The summed E-state index contributed by atoms with van der Waals surface area (Å²) in [4.78, 5) is 19.7. The number of nitrogens with zero attached hydrogens (tertiary/aromatic N) is 1. The number of H-pyrrole nitrogens is 1. The number of para-hydroxylation sites is 2. The minimum atomic E-state index is -0.615. The van der Waals surface area contributed by atoms with E-state index in [9.17, 15) is 9.90 Å². The number of anilines is 1. The van der Waals surface area contributed by atoms with Crippen LogP contribution < -0.4 is 5.32 Å². The van der Waals surface area contributed by atoms with Crippen molar-refractivity contribution in [3.63, 3.8) is 0 Å². The summed E-state index contributed by atoms with van der Waals surface area (Å²) in [7, 11) is 0. The van der Waals surface area contributed by atoms with Crippen LogP contribution in [0, 0.1) is 0 Å². The molecule has 4 rings (SSSR count). The fourth-order valence-electron chi connectivity index (χ4n) is 2.62. The number of amides is 1. The van der Waals surface area contributed by atoms with Crippen LogP contribution in [0.15, 0.2) is 53.1 Å². The van der Waals surface area contributed by atoms with Crippen molar-refractivity contribution in [1.29, 1.82) is 0 Å². The summed E-state index contributed by atoms with van der Waals surface area (Å²) >= 11 is 0. The van der Waals surface area contributed by atoms with E-state index < -0.39 is 12.2 Å². The quantitative estimate of drug-likeness (QED) is 0.517. The molecule has 0 radical (unpaired) electrons. The lowest BCUT2D eigenvalue weighted by Crippen LogP contribution is -2.16. The molecule has 0 saturated heterocycles. The van der Waals surface area contributed by atoms with Gasteiger partial charge in [0.2, 0.25) is 0 Å². The average molecular weight is 337 g/mol. The maximum atomic E-state index is 12.1. The van der Waals surface area contributed by atoms with E-state index in [1.807, 2.05) is 24.3 Å². The number of carbonyl (C=O) groups is 1. The van der Waals surface area contributed by atoms with E-state index in [0.29, 0.717) is 22.5 Å². The second-order valence-corrected chi connectivity index (χ2v) is 5.64. The molecule has 0 aliphatic carbocycles. The van der Waals surface area contributed by atoms with Crippen molar-refractivity contribution in [2.75, 3.05) is 5.32 Å². The second kappa shape index (κ2) is 5.86. The average Bonchev–Trinajstić information content (AvgIpc) is 3.19. The van der Waals surface area contributed by atoms with Crippen molar-refractivity contribution in [2.24, 2.45) is 0 Å². The van der Waals surface area contributed by atoms with E-state index in [0.717, 1.165) is 11.0 Å². The lowest BCUT2D eigenvalue weighted by molar-refractivity contribution is 0.117. The van der Waals surface area contributed by atoms with Crippen LogP contribution in [0.4, 0.5) is 10.5 Å². The molecule has 2 heterocycles. The number of furan rings is 1. The molecule has 0 saturated carbocycles. The molecule has 0 fully saturated rings. The van der Waals surface area contributed by atoms with Crippen molar-refractivity contribution in [3.8, 4) is 5.75 Å². The van der Waals surface area contributed by atoms with Gasteiger partial charge in [-0.2, -0.15) is 0 Å². The highest BCUT2D eigenvalue weighted by molar-refractivity contribution is 5.91. The van der Waals surface area contributed by atoms with Crippen molar-refractivity contribution < 1.29 is 19.1 Å². The Morgan fingerprint density at radius 3 is 3.00 bits per heavy atom.